The Morgan fingerprint density at radius 1 is 1.03 bits per heavy atom. The number of para-hydroxylation sites is 2. The summed E-state index contributed by atoms with van der Waals surface area (Å²) >= 11 is 0. The van der Waals surface area contributed by atoms with Crippen LogP contribution < -0.4 is 31.9 Å². The molecule has 1 saturated heterocycles. The van der Waals surface area contributed by atoms with Crippen molar-refractivity contribution in [1.29, 1.82) is 0 Å². The van der Waals surface area contributed by atoms with Gasteiger partial charge in [0.25, 0.3) is 0 Å². The Balaban J connectivity index is 0.00000323. The number of piperidine rings is 1. The van der Waals surface area contributed by atoms with E-state index in [-0.39, 0.29) is 19.2 Å². The zero-order valence-corrected chi connectivity index (χ0v) is 21.7. The van der Waals surface area contributed by atoms with Gasteiger partial charge in [0.05, 0.1) is 22.8 Å². The van der Waals surface area contributed by atoms with Crippen molar-refractivity contribution in [3.8, 4) is 11.5 Å². The molecule has 4 aromatic rings. The van der Waals surface area contributed by atoms with E-state index < -0.39 is 0 Å². The molecule has 0 bridgehead atoms. The summed E-state index contributed by atoms with van der Waals surface area (Å²) in [6, 6.07) is 23.6. The second kappa shape index (κ2) is 10.8. The van der Waals surface area contributed by atoms with Crippen LogP contribution in [0.3, 0.4) is 0 Å². The van der Waals surface area contributed by atoms with Crippen molar-refractivity contribution >= 4 is 22.6 Å². The van der Waals surface area contributed by atoms with Crippen LogP contribution in [0.15, 0.2) is 82.7 Å². The van der Waals surface area contributed by atoms with Crippen molar-refractivity contribution in [2.24, 2.45) is 16.8 Å². The highest BCUT2D eigenvalue weighted by Crippen LogP contribution is 2.34. The standard InChI is InChI=1S/C29H33N7O3.H2/c30-33-28(36(31)22-10-11-26-27(19-22)39-17-16-38-26)25(18-20-6-2-1-3-7-20)34-14-12-21(13-15-34)35-24-9-5-4-8-23(24)32-29(35)37;/h1-11,19,21,25H,12-18,30-31H2,(H,32,37);1H/b33-28-;. The molecule has 1 atom stereocenters. The fourth-order valence-electron chi connectivity index (χ4n) is 5.74. The molecule has 3 heterocycles. The summed E-state index contributed by atoms with van der Waals surface area (Å²) in [5.41, 5.74) is 3.61. The van der Waals surface area contributed by atoms with Crippen molar-refractivity contribution < 1.29 is 10.9 Å². The third kappa shape index (κ3) is 4.96. The van der Waals surface area contributed by atoms with E-state index >= 15 is 0 Å². The Hall–Kier alpha value is -4.28. The number of hydrogen-bond donors (Lipinski definition) is 3. The van der Waals surface area contributed by atoms with E-state index in [1.54, 1.807) is 5.01 Å². The zero-order valence-electron chi connectivity index (χ0n) is 21.7. The average Bonchev–Trinajstić information content (AvgIpc) is 3.33. The molecule has 1 aromatic heterocycles. The fraction of sp³-hybridized carbons (Fsp3) is 0.310. The molecule has 2 aliphatic rings. The number of H-pyrrole nitrogens is 1. The van der Waals surface area contributed by atoms with Gasteiger partial charge in [-0.05, 0) is 49.1 Å². The van der Waals surface area contributed by atoms with Crippen LogP contribution in [0.4, 0.5) is 5.69 Å². The number of amidine groups is 1. The first-order valence-electron chi connectivity index (χ1n) is 13.3. The minimum Gasteiger partial charge on any atom is -0.486 e. The van der Waals surface area contributed by atoms with Crippen LogP contribution in [-0.4, -0.2) is 52.6 Å². The molecule has 1 unspecified atom stereocenters. The number of nitrogens with two attached hydrogens (primary N) is 2. The number of hydrazine groups is 1. The highest BCUT2D eigenvalue weighted by atomic mass is 16.6. The lowest BCUT2D eigenvalue weighted by Gasteiger charge is -2.40. The number of aromatic amines is 1. The molecule has 10 nitrogen and oxygen atoms in total. The topological polar surface area (TPSA) is 127 Å². The molecule has 2 aliphatic heterocycles. The van der Waals surface area contributed by atoms with Gasteiger partial charge in [0, 0.05) is 26.6 Å². The van der Waals surface area contributed by atoms with Crippen LogP contribution in [0.25, 0.3) is 11.0 Å². The van der Waals surface area contributed by atoms with Crippen molar-refractivity contribution in [3.05, 3.63) is 88.8 Å². The van der Waals surface area contributed by atoms with Crippen molar-refractivity contribution in [2.75, 3.05) is 31.3 Å². The highest BCUT2D eigenvalue weighted by molar-refractivity contribution is 6.00. The lowest BCUT2D eigenvalue weighted by molar-refractivity contribution is 0.163. The Morgan fingerprint density at radius 3 is 2.51 bits per heavy atom. The molecule has 10 heteroatoms. The second-order valence-electron chi connectivity index (χ2n) is 9.98. The van der Waals surface area contributed by atoms with Crippen LogP contribution >= 0.6 is 0 Å². The summed E-state index contributed by atoms with van der Waals surface area (Å²) in [5, 5.41) is 5.76. The van der Waals surface area contributed by atoms with Gasteiger partial charge >= 0.3 is 5.69 Å². The number of ether oxygens (including phenoxy) is 2. The zero-order chi connectivity index (χ0) is 26.8. The number of imidazole rings is 1. The van der Waals surface area contributed by atoms with Crippen molar-refractivity contribution in [1.82, 2.24) is 14.5 Å². The molecule has 0 saturated carbocycles. The maximum absolute atomic E-state index is 12.8. The average molecular weight is 530 g/mol. The third-order valence-corrected chi connectivity index (χ3v) is 7.68. The van der Waals surface area contributed by atoms with Gasteiger partial charge in [-0.1, -0.05) is 42.5 Å². The molecule has 39 heavy (non-hydrogen) atoms. The maximum Gasteiger partial charge on any atom is 0.326 e. The first kappa shape index (κ1) is 25.0. The Labute approximate surface area is 227 Å². The number of hydrogen-bond acceptors (Lipinski definition) is 7. The molecule has 204 valence electrons. The summed E-state index contributed by atoms with van der Waals surface area (Å²) in [6.07, 6.45) is 2.33. The smallest absolute Gasteiger partial charge is 0.326 e. The van der Waals surface area contributed by atoms with E-state index in [0.717, 1.165) is 42.5 Å². The summed E-state index contributed by atoms with van der Waals surface area (Å²) < 4.78 is 13.3. The monoisotopic (exact) mass is 529 g/mol. The quantitative estimate of drug-likeness (QED) is 0.151. The second-order valence-corrected chi connectivity index (χ2v) is 9.98. The number of fused-ring (bicyclic) bond motifs is 2. The number of hydrazone groups is 1. The minimum absolute atomic E-state index is 0. The number of benzene rings is 3. The van der Waals surface area contributed by atoms with Crippen LogP contribution in [-0.2, 0) is 6.42 Å². The summed E-state index contributed by atoms with van der Waals surface area (Å²) in [5.74, 6) is 14.6. The first-order chi connectivity index (χ1) is 19.1. The van der Waals surface area contributed by atoms with E-state index in [1.807, 2.05) is 65.2 Å². The number of aromatic nitrogens is 2. The normalized spacial score (nSPS) is 17.3. The van der Waals surface area contributed by atoms with Gasteiger partial charge in [0.1, 0.15) is 13.2 Å². The van der Waals surface area contributed by atoms with Crippen LogP contribution in [0.1, 0.15) is 25.9 Å². The summed E-state index contributed by atoms with van der Waals surface area (Å²) in [4.78, 5) is 18.2. The Kier molecular flexibility index (Phi) is 6.95. The largest absolute Gasteiger partial charge is 0.486 e. The van der Waals surface area contributed by atoms with Crippen LogP contribution in [0.5, 0.6) is 11.5 Å². The van der Waals surface area contributed by atoms with Crippen molar-refractivity contribution in [3.63, 3.8) is 0 Å². The molecular weight excluding hydrogens is 494 g/mol. The molecule has 6 rings (SSSR count). The van der Waals surface area contributed by atoms with E-state index in [2.05, 4.69) is 27.1 Å². The van der Waals surface area contributed by atoms with Gasteiger partial charge in [0.2, 0.25) is 0 Å². The van der Waals surface area contributed by atoms with Gasteiger partial charge in [-0.15, -0.1) is 0 Å². The Bertz CT molecular complexity index is 1530. The molecule has 3 aromatic carbocycles. The predicted octanol–water partition coefficient (Wildman–Crippen LogP) is 3.25. The Morgan fingerprint density at radius 2 is 1.74 bits per heavy atom. The van der Waals surface area contributed by atoms with E-state index in [0.29, 0.717) is 42.7 Å². The minimum atomic E-state index is -0.170. The van der Waals surface area contributed by atoms with Gasteiger partial charge in [0.15, 0.2) is 17.3 Å². The maximum atomic E-state index is 12.8. The van der Waals surface area contributed by atoms with Gasteiger partial charge < -0.3 is 20.3 Å². The van der Waals surface area contributed by atoms with Crippen LogP contribution in [0.2, 0.25) is 0 Å². The third-order valence-electron chi connectivity index (χ3n) is 7.68. The molecule has 0 spiro atoms. The number of anilines is 1. The fourth-order valence-corrected chi connectivity index (χ4v) is 5.74. The SMILES string of the molecule is N/N=C(/C(Cc1ccccc1)N1CCC(n2c(=O)[nH]c3ccccc32)CC1)N(N)c1ccc2c(c1)OCCO2.[HH]. The van der Waals surface area contributed by atoms with Crippen molar-refractivity contribution in [2.45, 2.75) is 31.3 Å². The molecule has 1 fully saturated rings. The predicted molar refractivity (Wildman–Crippen MR) is 154 cm³/mol. The van der Waals surface area contributed by atoms with E-state index in [1.165, 1.54) is 0 Å². The molecule has 0 aliphatic carbocycles. The number of nitrogens with one attached hydrogen (secondary N) is 1. The van der Waals surface area contributed by atoms with Gasteiger partial charge in [-0.2, -0.15) is 5.10 Å². The first-order valence-corrected chi connectivity index (χ1v) is 13.3. The number of rotatable bonds is 6. The lowest BCUT2D eigenvalue weighted by atomic mass is 9.97. The molecule has 5 N–H and O–H groups in total. The molecular formula is C29H35N7O3. The summed E-state index contributed by atoms with van der Waals surface area (Å²) in [6.45, 7) is 2.54. The van der Waals surface area contributed by atoms with E-state index in [4.69, 9.17) is 21.2 Å². The highest BCUT2D eigenvalue weighted by Gasteiger charge is 2.33. The lowest BCUT2D eigenvalue weighted by Crippen LogP contribution is -2.55. The van der Waals surface area contributed by atoms with Crippen LogP contribution in [0, 0.1) is 0 Å². The van der Waals surface area contributed by atoms with E-state index in [9.17, 15) is 4.79 Å². The number of likely N-dealkylation sites (tertiary alicyclic amines) is 1. The molecule has 0 amide bonds. The summed E-state index contributed by atoms with van der Waals surface area (Å²) in [7, 11) is 0. The van der Waals surface area contributed by atoms with Gasteiger partial charge in [-0.3, -0.25) is 14.5 Å². The number of nitrogens with zero attached hydrogens (tertiary/aromatic N) is 4. The van der Waals surface area contributed by atoms with Gasteiger partial charge in [-0.25, -0.2) is 10.6 Å². The molecule has 0 radical (unpaired) electrons.